The maximum Gasteiger partial charge on any atom is 0.134 e. The van der Waals surface area contributed by atoms with E-state index in [4.69, 9.17) is 4.42 Å². The van der Waals surface area contributed by atoms with Crippen molar-refractivity contribution in [3.8, 4) is 11.3 Å². The zero-order chi connectivity index (χ0) is 16.8. The molecule has 7 heteroatoms. The largest absolute Gasteiger partial charge is 0.460 e. The Morgan fingerprint density at radius 2 is 1.92 bits per heavy atom. The lowest BCUT2D eigenvalue weighted by atomic mass is 10.1. The molecule has 3 rings (SSSR count). The van der Waals surface area contributed by atoms with Gasteiger partial charge in [0.2, 0.25) is 0 Å². The van der Waals surface area contributed by atoms with Crippen LogP contribution in [0.4, 0.5) is 0 Å². The zero-order valence-corrected chi connectivity index (χ0v) is 16.3. The molecular formula is C19H25Cl2N3O2. The molecule has 2 heterocycles. The van der Waals surface area contributed by atoms with Gasteiger partial charge in [0.1, 0.15) is 11.5 Å². The third-order valence-corrected chi connectivity index (χ3v) is 3.97. The summed E-state index contributed by atoms with van der Waals surface area (Å²) < 4.78 is 7.96. The minimum Gasteiger partial charge on any atom is -0.460 e. The number of hydrogen-bond donors (Lipinski definition) is 2. The molecule has 0 amide bonds. The van der Waals surface area contributed by atoms with Crippen LogP contribution in [0.2, 0.25) is 0 Å². The third kappa shape index (κ3) is 6.18. The van der Waals surface area contributed by atoms with Crippen LogP contribution in [0, 0.1) is 0 Å². The highest BCUT2D eigenvalue weighted by molar-refractivity contribution is 5.85. The van der Waals surface area contributed by atoms with Gasteiger partial charge in [-0.05, 0) is 37.6 Å². The summed E-state index contributed by atoms with van der Waals surface area (Å²) in [5, 5.41) is 12.9. The number of aliphatic hydroxyl groups is 1. The molecule has 3 aromatic rings. The Morgan fingerprint density at radius 3 is 2.58 bits per heavy atom. The second-order valence-corrected chi connectivity index (χ2v) is 5.89. The summed E-state index contributed by atoms with van der Waals surface area (Å²) in [6, 6.07) is 11.8. The van der Waals surface area contributed by atoms with Gasteiger partial charge < -0.3 is 19.4 Å². The second kappa shape index (κ2) is 11.0. The molecule has 0 aliphatic rings. The van der Waals surface area contributed by atoms with Crippen LogP contribution in [-0.4, -0.2) is 21.2 Å². The Bertz CT molecular complexity index is 741. The molecule has 1 unspecified atom stereocenters. The average Bonchev–Trinajstić information content (AvgIpc) is 3.26. The number of aromatic nitrogens is 2. The van der Waals surface area contributed by atoms with E-state index in [1.54, 1.807) is 13.1 Å². The fourth-order valence-corrected chi connectivity index (χ4v) is 2.57. The lowest BCUT2D eigenvalue weighted by Crippen LogP contribution is -2.15. The molecular weight excluding hydrogens is 373 g/mol. The molecule has 142 valence electrons. The van der Waals surface area contributed by atoms with E-state index < -0.39 is 6.10 Å². The van der Waals surface area contributed by atoms with E-state index in [1.807, 2.05) is 48.9 Å². The molecule has 0 saturated carbocycles. The molecule has 1 aromatic carbocycles. The van der Waals surface area contributed by atoms with Crippen LogP contribution >= 0.6 is 24.8 Å². The Balaban J connectivity index is 0.00000169. The van der Waals surface area contributed by atoms with Gasteiger partial charge in [-0.25, -0.2) is 4.98 Å². The summed E-state index contributed by atoms with van der Waals surface area (Å²) >= 11 is 0. The van der Waals surface area contributed by atoms with Crippen LogP contribution in [0.1, 0.15) is 30.8 Å². The normalized spacial score (nSPS) is 11.5. The molecule has 0 fully saturated rings. The lowest BCUT2D eigenvalue weighted by Gasteiger charge is -2.05. The minimum atomic E-state index is -0.447. The summed E-state index contributed by atoms with van der Waals surface area (Å²) in [5.41, 5.74) is 1.93. The van der Waals surface area contributed by atoms with E-state index in [0.717, 1.165) is 48.7 Å². The van der Waals surface area contributed by atoms with Crippen molar-refractivity contribution in [1.82, 2.24) is 14.9 Å². The first-order valence-corrected chi connectivity index (χ1v) is 8.26. The number of furan rings is 1. The Hall–Kier alpha value is -1.79. The Morgan fingerprint density at radius 1 is 1.15 bits per heavy atom. The van der Waals surface area contributed by atoms with Crippen LogP contribution in [-0.2, 0) is 13.1 Å². The predicted molar refractivity (Wildman–Crippen MR) is 108 cm³/mol. The molecule has 0 radical (unpaired) electrons. The molecule has 1 atom stereocenters. The van der Waals surface area contributed by atoms with Gasteiger partial charge in [-0.2, -0.15) is 0 Å². The van der Waals surface area contributed by atoms with Crippen LogP contribution in [0.5, 0.6) is 0 Å². The van der Waals surface area contributed by atoms with E-state index in [9.17, 15) is 5.11 Å². The number of benzene rings is 1. The van der Waals surface area contributed by atoms with Gasteiger partial charge in [-0.15, -0.1) is 24.8 Å². The van der Waals surface area contributed by atoms with E-state index in [0.29, 0.717) is 0 Å². The smallest absolute Gasteiger partial charge is 0.134 e. The number of aryl methyl sites for hydroxylation is 1. The number of nitrogens with one attached hydrogen (secondary N) is 1. The molecule has 2 N–H and O–H groups in total. The maximum absolute atomic E-state index is 9.55. The fourth-order valence-electron chi connectivity index (χ4n) is 2.57. The zero-order valence-electron chi connectivity index (χ0n) is 14.7. The topological polar surface area (TPSA) is 63.2 Å². The van der Waals surface area contributed by atoms with Gasteiger partial charge in [0, 0.05) is 24.5 Å². The number of nitrogens with zero attached hydrogens (tertiary/aromatic N) is 2. The summed E-state index contributed by atoms with van der Waals surface area (Å²) in [5.74, 6) is 1.77. The van der Waals surface area contributed by atoms with Crippen molar-refractivity contribution in [2.45, 2.75) is 32.5 Å². The highest BCUT2D eigenvalue weighted by atomic mass is 35.5. The second-order valence-electron chi connectivity index (χ2n) is 5.89. The van der Waals surface area contributed by atoms with Crippen LogP contribution < -0.4 is 5.32 Å². The van der Waals surface area contributed by atoms with Gasteiger partial charge in [-0.1, -0.05) is 24.3 Å². The summed E-state index contributed by atoms with van der Waals surface area (Å²) in [7, 11) is 0. The van der Waals surface area contributed by atoms with Crippen molar-refractivity contribution in [3.05, 3.63) is 66.4 Å². The van der Waals surface area contributed by atoms with Crippen molar-refractivity contribution in [1.29, 1.82) is 0 Å². The highest BCUT2D eigenvalue weighted by Crippen LogP contribution is 2.24. The molecule has 2 aromatic heterocycles. The van der Waals surface area contributed by atoms with Crippen molar-refractivity contribution < 1.29 is 9.52 Å². The van der Waals surface area contributed by atoms with Crippen molar-refractivity contribution in [3.63, 3.8) is 0 Å². The van der Waals surface area contributed by atoms with E-state index in [-0.39, 0.29) is 24.8 Å². The predicted octanol–water partition coefficient (Wildman–Crippen LogP) is 4.22. The molecule has 0 aliphatic carbocycles. The van der Waals surface area contributed by atoms with Gasteiger partial charge in [0.25, 0.3) is 0 Å². The Labute approximate surface area is 166 Å². The average molecular weight is 398 g/mol. The van der Waals surface area contributed by atoms with E-state index in [2.05, 4.69) is 14.9 Å². The number of hydrogen-bond acceptors (Lipinski definition) is 4. The quantitative estimate of drug-likeness (QED) is 0.558. The van der Waals surface area contributed by atoms with E-state index >= 15 is 0 Å². The van der Waals surface area contributed by atoms with Crippen molar-refractivity contribution in [2.75, 3.05) is 6.54 Å². The first kappa shape index (κ1) is 22.3. The van der Waals surface area contributed by atoms with Gasteiger partial charge >= 0.3 is 0 Å². The molecule has 26 heavy (non-hydrogen) atoms. The fraction of sp³-hybridized carbons (Fsp3) is 0.316. The van der Waals surface area contributed by atoms with E-state index in [1.165, 1.54) is 0 Å². The molecule has 0 bridgehead atoms. The van der Waals surface area contributed by atoms with Gasteiger partial charge in [0.05, 0.1) is 19.0 Å². The number of rotatable bonds is 8. The number of halogens is 2. The SMILES string of the molecule is CC(O)c1ccc(-c2ccc(CNCCCn3ccnc3)o2)cc1.Cl.Cl. The summed E-state index contributed by atoms with van der Waals surface area (Å²) in [6.07, 6.45) is 6.21. The van der Waals surface area contributed by atoms with Crippen molar-refractivity contribution >= 4 is 24.8 Å². The molecule has 0 saturated heterocycles. The van der Waals surface area contributed by atoms with Crippen LogP contribution in [0.3, 0.4) is 0 Å². The monoisotopic (exact) mass is 397 g/mol. The standard InChI is InChI=1S/C19H23N3O2.2ClH/c1-15(23)16-3-5-17(6-4-16)19-8-7-18(24-19)13-20-9-2-11-22-12-10-21-14-22;;/h3-8,10,12,14-15,20,23H,2,9,11,13H2,1H3;2*1H. The number of aliphatic hydroxyl groups excluding tert-OH is 1. The molecule has 0 spiro atoms. The molecule has 5 nitrogen and oxygen atoms in total. The first-order valence-electron chi connectivity index (χ1n) is 8.26. The third-order valence-electron chi connectivity index (χ3n) is 3.97. The first-order chi connectivity index (χ1) is 11.7. The van der Waals surface area contributed by atoms with Crippen LogP contribution in [0.25, 0.3) is 11.3 Å². The van der Waals surface area contributed by atoms with Crippen LogP contribution in [0.15, 0.2) is 59.5 Å². The van der Waals surface area contributed by atoms with Crippen molar-refractivity contribution in [2.24, 2.45) is 0 Å². The van der Waals surface area contributed by atoms with Gasteiger partial charge in [0.15, 0.2) is 0 Å². The Kier molecular flexibility index (Phi) is 9.44. The molecule has 0 aliphatic heterocycles. The summed E-state index contributed by atoms with van der Waals surface area (Å²) in [4.78, 5) is 4.03. The number of imidazole rings is 1. The summed E-state index contributed by atoms with van der Waals surface area (Å²) in [6.45, 7) is 4.37. The maximum atomic E-state index is 9.55. The van der Waals surface area contributed by atoms with Gasteiger partial charge in [-0.3, -0.25) is 0 Å². The highest BCUT2D eigenvalue weighted by Gasteiger charge is 2.06. The minimum absolute atomic E-state index is 0. The lowest BCUT2D eigenvalue weighted by molar-refractivity contribution is 0.199.